The van der Waals surface area contributed by atoms with Gasteiger partial charge in [-0.1, -0.05) is 12.1 Å². The normalized spacial score (nSPS) is 9.79. The zero-order valence-electron chi connectivity index (χ0n) is 11.3. The van der Waals surface area contributed by atoms with Gasteiger partial charge in [0.15, 0.2) is 0 Å². The Bertz CT molecular complexity index is 469. The van der Waals surface area contributed by atoms with Crippen molar-refractivity contribution in [1.82, 2.24) is 10.3 Å². The summed E-state index contributed by atoms with van der Waals surface area (Å²) in [4.78, 5) is 6.11. The summed E-state index contributed by atoms with van der Waals surface area (Å²) in [5.74, 6) is 0. The molecule has 0 saturated carbocycles. The first-order valence-electron chi connectivity index (χ1n) is 6.11. The van der Waals surface area contributed by atoms with Crippen molar-refractivity contribution < 1.29 is 0 Å². The van der Waals surface area contributed by atoms with Gasteiger partial charge in [0.25, 0.3) is 0 Å². The number of halogens is 1. The van der Waals surface area contributed by atoms with Gasteiger partial charge in [-0.2, -0.15) is 0 Å². The van der Waals surface area contributed by atoms with Crippen LogP contribution in [0.15, 0.2) is 48.8 Å². The average molecular weight is 278 g/mol. The zero-order chi connectivity index (χ0) is 12.8. The van der Waals surface area contributed by atoms with E-state index in [0.29, 0.717) is 0 Å². The summed E-state index contributed by atoms with van der Waals surface area (Å²) < 4.78 is 0. The highest BCUT2D eigenvalue weighted by Crippen LogP contribution is 2.12. The van der Waals surface area contributed by atoms with Crippen LogP contribution in [-0.2, 0) is 13.1 Å². The quantitative estimate of drug-likeness (QED) is 0.911. The molecule has 0 bridgehead atoms. The standard InChI is InChI=1S/C15H19N3.ClH/c1-18(2)15-5-3-13(4-6-15)11-17-12-14-7-9-16-10-8-14;/h3-10,17H,11-12H2,1-2H3;1H. The Balaban J connectivity index is 0.00000180. The molecule has 0 aliphatic carbocycles. The third-order valence-corrected chi connectivity index (χ3v) is 2.86. The largest absolute Gasteiger partial charge is 0.378 e. The SMILES string of the molecule is CN(C)c1ccc(CNCc2ccncc2)cc1.Cl. The molecule has 0 aliphatic heterocycles. The highest BCUT2D eigenvalue weighted by atomic mass is 35.5. The fourth-order valence-corrected chi connectivity index (χ4v) is 1.76. The number of hydrogen-bond acceptors (Lipinski definition) is 3. The Morgan fingerprint density at radius 2 is 1.42 bits per heavy atom. The van der Waals surface area contributed by atoms with Crippen molar-refractivity contribution in [1.29, 1.82) is 0 Å². The molecule has 19 heavy (non-hydrogen) atoms. The van der Waals surface area contributed by atoms with Crippen LogP contribution in [0.4, 0.5) is 5.69 Å². The molecule has 1 N–H and O–H groups in total. The van der Waals surface area contributed by atoms with E-state index in [1.807, 2.05) is 24.5 Å². The summed E-state index contributed by atoms with van der Waals surface area (Å²) in [6, 6.07) is 12.7. The summed E-state index contributed by atoms with van der Waals surface area (Å²) in [6.45, 7) is 1.76. The fourth-order valence-electron chi connectivity index (χ4n) is 1.76. The lowest BCUT2D eigenvalue weighted by molar-refractivity contribution is 0.692. The number of aromatic nitrogens is 1. The van der Waals surface area contributed by atoms with Gasteiger partial charge in [-0.05, 0) is 35.4 Å². The van der Waals surface area contributed by atoms with Crippen LogP contribution in [0.3, 0.4) is 0 Å². The first-order valence-corrected chi connectivity index (χ1v) is 6.11. The van der Waals surface area contributed by atoms with Crippen LogP contribution in [0.2, 0.25) is 0 Å². The molecule has 0 saturated heterocycles. The predicted molar refractivity (Wildman–Crippen MR) is 82.8 cm³/mol. The minimum atomic E-state index is 0. The molecule has 0 fully saturated rings. The molecule has 2 rings (SSSR count). The van der Waals surface area contributed by atoms with Gasteiger partial charge in [0, 0.05) is 45.3 Å². The smallest absolute Gasteiger partial charge is 0.0361 e. The first kappa shape index (κ1) is 15.5. The Labute approximate surface area is 121 Å². The lowest BCUT2D eigenvalue weighted by Gasteiger charge is -2.12. The number of anilines is 1. The van der Waals surface area contributed by atoms with E-state index in [0.717, 1.165) is 13.1 Å². The van der Waals surface area contributed by atoms with E-state index < -0.39 is 0 Å². The van der Waals surface area contributed by atoms with Crippen molar-refractivity contribution in [3.63, 3.8) is 0 Å². The number of nitrogens with zero attached hydrogens (tertiary/aromatic N) is 2. The van der Waals surface area contributed by atoms with Gasteiger partial charge in [-0.25, -0.2) is 0 Å². The molecule has 1 aromatic carbocycles. The average Bonchev–Trinajstić information content (AvgIpc) is 2.40. The van der Waals surface area contributed by atoms with Crippen LogP contribution in [-0.4, -0.2) is 19.1 Å². The second-order valence-corrected chi connectivity index (χ2v) is 4.52. The summed E-state index contributed by atoms with van der Waals surface area (Å²) in [5, 5.41) is 3.43. The van der Waals surface area contributed by atoms with E-state index in [2.05, 4.69) is 53.6 Å². The molecule has 2 aromatic rings. The van der Waals surface area contributed by atoms with E-state index >= 15 is 0 Å². The van der Waals surface area contributed by atoms with Gasteiger partial charge in [0.05, 0.1) is 0 Å². The van der Waals surface area contributed by atoms with Crippen molar-refractivity contribution in [3.8, 4) is 0 Å². The summed E-state index contributed by atoms with van der Waals surface area (Å²) >= 11 is 0. The molecular formula is C15H20ClN3. The second kappa shape index (κ2) is 7.77. The van der Waals surface area contributed by atoms with E-state index in [9.17, 15) is 0 Å². The Morgan fingerprint density at radius 3 is 1.95 bits per heavy atom. The second-order valence-electron chi connectivity index (χ2n) is 4.52. The van der Waals surface area contributed by atoms with Gasteiger partial charge in [0.1, 0.15) is 0 Å². The van der Waals surface area contributed by atoms with Crippen molar-refractivity contribution in [2.75, 3.05) is 19.0 Å². The van der Waals surface area contributed by atoms with E-state index in [1.54, 1.807) is 0 Å². The molecule has 0 radical (unpaired) electrons. The van der Waals surface area contributed by atoms with Gasteiger partial charge in [0.2, 0.25) is 0 Å². The predicted octanol–water partition coefficient (Wildman–Crippen LogP) is 2.86. The maximum atomic E-state index is 4.01. The maximum Gasteiger partial charge on any atom is 0.0361 e. The lowest BCUT2D eigenvalue weighted by atomic mass is 10.2. The minimum absolute atomic E-state index is 0. The fraction of sp³-hybridized carbons (Fsp3) is 0.267. The van der Waals surface area contributed by atoms with Gasteiger partial charge >= 0.3 is 0 Å². The number of pyridine rings is 1. The molecule has 1 aromatic heterocycles. The number of hydrogen-bond donors (Lipinski definition) is 1. The number of rotatable bonds is 5. The van der Waals surface area contributed by atoms with E-state index in [1.165, 1.54) is 16.8 Å². The topological polar surface area (TPSA) is 28.2 Å². The Hall–Kier alpha value is -1.58. The summed E-state index contributed by atoms with van der Waals surface area (Å²) in [6.07, 6.45) is 3.64. The molecule has 0 amide bonds. The van der Waals surface area contributed by atoms with Crippen LogP contribution in [0.25, 0.3) is 0 Å². The van der Waals surface area contributed by atoms with Crippen molar-refractivity contribution >= 4 is 18.1 Å². The summed E-state index contributed by atoms with van der Waals surface area (Å²) in [5.41, 5.74) is 3.79. The van der Waals surface area contributed by atoms with Crippen LogP contribution >= 0.6 is 12.4 Å². The molecule has 1 heterocycles. The molecule has 0 atom stereocenters. The van der Waals surface area contributed by atoms with Gasteiger partial charge in [-0.15, -0.1) is 12.4 Å². The molecule has 0 spiro atoms. The summed E-state index contributed by atoms with van der Waals surface area (Å²) in [7, 11) is 4.10. The van der Waals surface area contributed by atoms with E-state index in [4.69, 9.17) is 0 Å². The molecule has 4 heteroatoms. The van der Waals surface area contributed by atoms with Crippen molar-refractivity contribution in [2.24, 2.45) is 0 Å². The number of nitrogens with one attached hydrogen (secondary N) is 1. The monoisotopic (exact) mass is 277 g/mol. The molecule has 0 unspecified atom stereocenters. The maximum absolute atomic E-state index is 4.01. The third-order valence-electron chi connectivity index (χ3n) is 2.86. The Morgan fingerprint density at radius 1 is 0.895 bits per heavy atom. The highest BCUT2D eigenvalue weighted by molar-refractivity contribution is 5.85. The Kier molecular flexibility index (Phi) is 6.33. The first-order chi connectivity index (χ1) is 8.75. The van der Waals surface area contributed by atoms with Crippen molar-refractivity contribution in [2.45, 2.75) is 13.1 Å². The lowest BCUT2D eigenvalue weighted by Crippen LogP contribution is -2.13. The van der Waals surface area contributed by atoms with E-state index in [-0.39, 0.29) is 12.4 Å². The zero-order valence-corrected chi connectivity index (χ0v) is 12.2. The number of benzene rings is 1. The van der Waals surface area contributed by atoms with Gasteiger partial charge < -0.3 is 10.2 Å². The van der Waals surface area contributed by atoms with Gasteiger partial charge in [-0.3, -0.25) is 4.98 Å². The molecule has 0 aliphatic rings. The van der Waals surface area contributed by atoms with Crippen LogP contribution in [0, 0.1) is 0 Å². The minimum Gasteiger partial charge on any atom is -0.378 e. The molecule has 3 nitrogen and oxygen atoms in total. The molecule has 102 valence electrons. The van der Waals surface area contributed by atoms with Crippen LogP contribution in [0.1, 0.15) is 11.1 Å². The van der Waals surface area contributed by atoms with Crippen LogP contribution < -0.4 is 10.2 Å². The van der Waals surface area contributed by atoms with Crippen LogP contribution in [0.5, 0.6) is 0 Å². The van der Waals surface area contributed by atoms with Crippen molar-refractivity contribution in [3.05, 3.63) is 59.9 Å². The highest BCUT2D eigenvalue weighted by Gasteiger charge is 1.96. The third kappa shape index (κ3) is 4.89. The molecular weight excluding hydrogens is 258 g/mol.